The Morgan fingerprint density at radius 2 is 2.19 bits per heavy atom. The minimum Gasteiger partial charge on any atom is -0.497 e. The summed E-state index contributed by atoms with van der Waals surface area (Å²) >= 11 is 6.09. The Morgan fingerprint density at radius 3 is 3.06 bits per heavy atom. The van der Waals surface area contributed by atoms with Gasteiger partial charge < -0.3 is 25.3 Å². The van der Waals surface area contributed by atoms with Gasteiger partial charge in [0.2, 0.25) is 0 Å². The molecular formula is C24H22ClN5O2. The first kappa shape index (κ1) is 17.9. The van der Waals surface area contributed by atoms with Crippen molar-refractivity contribution in [3.63, 3.8) is 0 Å². The summed E-state index contributed by atoms with van der Waals surface area (Å²) in [6.45, 7) is -1.30. The maximum atomic E-state index is 12.7. The van der Waals surface area contributed by atoms with E-state index in [1.54, 1.807) is 41.6 Å². The molecule has 0 fully saturated rings. The zero-order chi connectivity index (χ0) is 23.9. The van der Waals surface area contributed by atoms with Crippen LogP contribution >= 0.6 is 11.6 Å². The third kappa shape index (κ3) is 3.94. The number of ether oxygens (including phenoxy) is 1. The lowest BCUT2D eigenvalue weighted by Gasteiger charge is -2.19. The Bertz CT molecular complexity index is 1390. The molecule has 2 amide bonds. The number of aromatic nitrogens is 2. The van der Waals surface area contributed by atoms with Gasteiger partial charge in [0.15, 0.2) is 0 Å². The van der Waals surface area contributed by atoms with E-state index in [2.05, 4.69) is 20.6 Å². The standard InChI is InChI=1S/C24H22ClN5O2/c1-32-18-11-16(25)10-17(12-18)28-24(31)29-21-5-2-6-22-20(21)7-9-30(22)14-15-13-27-23-19(15)4-3-8-26-23/h2-6,8,10-13H,7,9,14H2,1H3,(H,26,27)(H2,28,29,31)/i14D2. The van der Waals surface area contributed by atoms with E-state index in [0.717, 1.165) is 16.6 Å². The minimum absolute atomic E-state index is 0.429. The van der Waals surface area contributed by atoms with Crippen LogP contribution in [0.5, 0.6) is 5.75 Å². The number of benzene rings is 2. The van der Waals surface area contributed by atoms with Gasteiger partial charge in [0.1, 0.15) is 11.4 Å². The van der Waals surface area contributed by atoms with E-state index in [0.29, 0.717) is 46.3 Å². The number of hydrogen-bond donors (Lipinski definition) is 3. The van der Waals surface area contributed by atoms with E-state index in [-0.39, 0.29) is 0 Å². The Kier molecular flexibility index (Phi) is 4.72. The molecule has 1 aliphatic rings. The van der Waals surface area contributed by atoms with Crippen LogP contribution in [0.15, 0.2) is 60.9 Å². The van der Waals surface area contributed by atoms with Gasteiger partial charge in [-0.15, -0.1) is 0 Å². The molecule has 0 aliphatic carbocycles. The molecule has 2 aromatic carbocycles. The highest BCUT2D eigenvalue weighted by atomic mass is 35.5. The van der Waals surface area contributed by atoms with Crippen molar-refractivity contribution in [3.8, 4) is 5.75 Å². The topological polar surface area (TPSA) is 82.3 Å². The molecule has 3 N–H and O–H groups in total. The van der Waals surface area contributed by atoms with Crippen LogP contribution in [0.1, 0.15) is 13.9 Å². The van der Waals surface area contributed by atoms with Crippen molar-refractivity contribution in [2.75, 3.05) is 29.2 Å². The lowest BCUT2D eigenvalue weighted by molar-refractivity contribution is 0.262. The van der Waals surface area contributed by atoms with Gasteiger partial charge >= 0.3 is 6.03 Å². The number of anilines is 3. The predicted octanol–water partition coefficient (Wildman–Crippen LogP) is 5.43. The van der Waals surface area contributed by atoms with Crippen LogP contribution in [-0.2, 0) is 12.9 Å². The third-order valence-electron chi connectivity index (χ3n) is 5.35. The Hall–Kier alpha value is -3.71. The fourth-order valence-corrected chi connectivity index (χ4v) is 4.12. The Labute approximate surface area is 193 Å². The number of methoxy groups -OCH3 is 1. The molecule has 0 spiro atoms. The summed E-state index contributed by atoms with van der Waals surface area (Å²) in [6.07, 6.45) is 3.94. The number of carbonyl (C=O) groups is 1. The van der Waals surface area contributed by atoms with E-state index in [1.165, 1.54) is 7.11 Å². The molecular weight excluding hydrogens is 426 g/mol. The summed E-state index contributed by atoms with van der Waals surface area (Å²) in [5.74, 6) is 0.536. The van der Waals surface area contributed by atoms with Gasteiger partial charge in [-0.05, 0) is 48.4 Å². The molecule has 8 heteroatoms. The van der Waals surface area contributed by atoms with Crippen molar-refractivity contribution >= 4 is 45.7 Å². The average molecular weight is 450 g/mol. The van der Waals surface area contributed by atoms with Crippen LogP contribution in [0.3, 0.4) is 0 Å². The fourth-order valence-electron chi connectivity index (χ4n) is 3.90. The number of halogens is 1. The number of H-pyrrole nitrogens is 1. The lowest BCUT2D eigenvalue weighted by Crippen LogP contribution is -2.20. The molecule has 2 aromatic heterocycles. The summed E-state index contributed by atoms with van der Waals surface area (Å²) < 4.78 is 23.1. The molecule has 0 unspecified atom stereocenters. The quantitative estimate of drug-likeness (QED) is 0.379. The highest BCUT2D eigenvalue weighted by Gasteiger charge is 2.23. The second-order valence-electron chi connectivity index (χ2n) is 7.38. The molecule has 0 saturated carbocycles. The summed E-state index contributed by atoms with van der Waals surface area (Å²) in [6, 6.07) is 13.7. The number of nitrogens with one attached hydrogen (secondary N) is 3. The number of urea groups is 1. The highest BCUT2D eigenvalue weighted by molar-refractivity contribution is 6.31. The average Bonchev–Trinajstić information content (AvgIpc) is 3.44. The van der Waals surface area contributed by atoms with Gasteiger partial charge in [0.05, 0.1) is 9.85 Å². The first-order valence-electron chi connectivity index (χ1n) is 11.1. The molecule has 0 atom stereocenters. The van der Waals surface area contributed by atoms with Crippen molar-refractivity contribution in [2.45, 2.75) is 12.9 Å². The SMILES string of the molecule is [2H]C([2H])(c1c[nH]c2ncccc12)N1CCc2c(NC(=O)Nc3cc(Cl)cc(OC)c3)cccc21. The van der Waals surface area contributed by atoms with Crippen molar-refractivity contribution in [2.24, 2.45) is 0 Å². The molecule has 162 valence electrons. The van der Waals surface area contributed by atoms with E-state index in [9.17, 15) is 4.79 Å². The van der Waals surface area contributed by atoms with Crippen molar-refractivity contribution < 1.29 is 12.3 Å². The van der Waals surface area contributed by atoms with Crippen LogP contribution in [0.2, 0.25) is 5.02 Å². The van der Waals surface area contributed by atoms with E-state index in [1.807, 2.05) is 24.3 Å². The summed E-state index contributed by atoms with van der Waals surface area (Å²) in [5, 5.41) is 6.84. The smallest absolute Gasteiger partial charge is 0.323 e. The van der Waals surface area contributed by atoms with Crippen molar-refractivity contribution in [3.05, 3.63) is 77.1 Å². The summed E-state index contributed by atoms with van der Waals surface area (Å²) in [4.78, 5) is 21.7. The monoisotopic (exact) mass is 449 g/mol. The number of rotatable bonds is 5. The molecule has 0 bridgehead atoms. The maximum Gasteiger partial charge on any atom is 0.323 e. The minimum atomic E-state index is -1.77. The summed E-state index contributed by atoms with van der Waals surface area (Å²) in [5.41, 5.74) is 3.91. The number of carbonyl (C=O) groups excluding carboxylic acids is 1. The molecule has 1 aliphatic heterocycles. The molecule has 0 radical (unpaired) electrons. The second kappa shape index (κ2) is 8.43. The van der Waals surface area contributed by atoms with Crippen LogP contribution in [0.25, 0.3) is 11.0 Å². The number of pyridine rings is 1. The predicted molar refractivity (Wildman–Crippen MR) is 128 cm³/mol. The zero-order valence-corrected chi connectivity index (χ0v) is 18.0. The lowest BCUT2D eigenvalue weighted by atomic mass is 10.1. The summed E-state index contributed by atoms with van der Waals surface area (Å²) in [7, 11) is 1.53. The molecule has 7 nitrogen and oxygen atoms in total. The van der Waals surface area contributed by atoms with E-state index < -0.39 is 12.5 Å². The number of hydrogen-bond acceptors (Lipinski definition) is 4. The molecule has 0 saturated heterocycles. The van der Waals surface area contributed by atoms with Gasteiger partial charge in [-0.3, -0.25) is 0 Å². The van der Waals surface area contributed by atoms with Crippen molar-refractivity contribution in [1.82, 2.24) is 9.97 Å². The Morgan fingerprint density at radius 1 is 1.28 bits per heavy atom. The highest BCUT2D eigenvalue weighted by Crippen LogP contribution is 2.35. The van der Waals surface area contributed by atoms with Crippen LogP contribution in [0, 0.1) is 0 Å². The van der Waals surface area contributed by atoms with Crippen LogP contribution < -0.4 is 20.3 Å². The van der Waals surface area contributed by atoms with E-state index >= 15 is 0 Å². The number of fused-ring (bicyclic) bond motifs is 2. The molecule has 3 heterocycles. The van der Waals surface area contributed by atoms with Crippen LogP contribution in [-0.4, -0.2) is 29.7 Å². The largest absolute Gasteiger partial charge is 0.497 e. The number of nitrogens with zero attached hydrogens (tertiary/aromatic N) is 2. The first-order valence-corrected chi connectivity index (χ1v) is 10.5. The first-order chi connectivity index (χ1) is 16.4. The van der Waals surface area contributed by atoms with Gasteiger partial charge in [0.25, 0.3) is 0 Å². The zero-order valence-electron chi connectivity index (χ0n) is 19.3. The van der Waals surface area contributed by atoms with Gasteiger partial charge in [0, 0.05) is 64.5 Å². The number of amides is 2. The Balaban J connectivity index is 1.40. The normalized spacial score (nSPS) is 14.0. The second-order valence-corrected chi connectivity index (χ2v) is 7.81. The van der Waals surface area contributed by atoms with Gasteiger partial charge in [-0.25, -0.2) is 9.78 Å². The molecule has 32 heavy (non-hydrogen) atoms. The number of aromatic amines is 1. The fraction of sp³-hybridized carbons (Fsp3) is 0.167. The third-order valence-corrected chi connectivity index (χ3v) is 5.57. The molecule has 5 rings (SSSR count). The molecule has 4 aromatic rings. The van der Waals surface area contributed by atoms with Crippen molar-refractivity contribution in [1.29, 1.82) is 0 Å². The maximum absolute atomic E-state index is 12.7. The van der Waals surface area contributed by atoms with Crippen LogP contribution in [0.4, 0.5) is 21.9 Å². The van der Waals surface area contributed by atoms with E-state index in [4.69, 9.17) is 19.1 Å². The van der Waals surface area contributed by atoms with Gasteiger partial charge in [-0.2, -0.15) is 0 Å². The van der Waals surface area contributed by atoms with Gasteiger partial charge in [-0.1, -0.05) is 17.7 Å².